The molecule has 25 heavy (non-hydrogen) atoms. The van der Waals surface area contributed by atoms with Gasteiger partial charge in [-0.25, -0.2) is 9.82 Å². The molecule has 0 unspecified atom stereocenters. The van der Waals surface area contributed by atoms with E-state index in [1.165, 1.54) is 18.2 Å². The van der Waals surface area contributed by atoms with Crippen LogP contribution in [0.3, 0.4) is 0 Å². The maximum absolute atomic E-state index is 13.6. The van der Waals surface area contributed by atoms with Crippen molar-refractivity contribution in [2.75, 3.05) is 0 Å². The number of nitrogens with one attached hydrogen (secondary N) is 2. The van der Waals surface area contributed by atoms with Gasteiger partial charge in [-0.15, -0.1) is 0 Å². The van der Waals surface area contributed by atoms with E-state index in [2.05, 4.69) is 20.7 Å². The molecular formula is C18H14ClFN4O. The number of rotatable bonds is 4. The van der Waals surface area contributed by atoms with Crippen molar-refractivity contribution in [1.29, 1.82) is 0 Å². The minimum atomic E-state index is -0.520. The molecule has 3 rings (SSSR count). The van der Waals surface area contributed by atoms with E-state index in [9.17, 15) is 9.18 Å². The Morgan fingerprint density at radius 1 is 1.28 bits per heavy atom. The largest absolute Gasteiger partial charge is 0.289 e. The molecule has 2 aromatic carbocycles. The molecule has 126 valence electrons. The highest BCUT2D eigenvalue weighted by atomic mass is 35.5. The molecule has 0 radical (unpaired) electrons. The molecule has 0 aliphatic carbocycles. The molecule has 2 N–H and O–H groups in total. The Morgan fingerprint density at radius 2 is 2.04 bits per heavy atom. The smallest absolute Gasteiger partial charge is 0.272 e. The summed E-state index contributed by atoms with van der Waals surface area (Å²) in [5.74, 6) is -1.01. The van der Waals surface area contributed by atoms with Crippen LogP contribution in [0.4, 0.5) is 4.39 Å². The van der Waals surface area contributed by atoms with Crippen LogP contribution in [-0.4, -0.2) is 22.3 Å². The zero-order chi connectivity index (χ0) is 17.8. The third-order valence-corrected chi connectivity index (χ3v) is 3.86. The van der Waals surface area contributed by atoms with Crippen molar-refractivity contribution in [2.24, 2.45) is 5.10 Å². The van der Waals surface area contributed by atoms with Crippen molar-refractivity contribution in [3.63, 3.8) is 0 Å². The number of hydrogen-bond donors (Lipinski definition) is 2. The first kappa shape index (κ1) is 16.9. The number of aromatic amines is 1. The number of aryl methyl sites for hydroxylation is 1. The van der Waals surface area contributed by atoms with Crippen LogP contribution in [-0.2, 0) is 0 Å². The second-order valence-corrected chi connectivity index (χ2v) is 5.77. The summed E-state index contributed by atoms with van der Waals surface area (Å²) in [4.78, 5) is 12.1. The molecule has 3 aromatic rings. The molecule has 1 heterocycles. The van der Waals surface area contributed by atoms with Crippen LogP contribution < -0.4 is 5.43 Å². The molecule has 0 atom stereocenters. The summed E-state index contributed by atoms with van der Waals surface area (Å²) < 4.78 is 13.6. The highest BCUT2D eigenvalue weighted by molar-refractivity contribution is 6.33. The number of carbonyl (C=O) groups excluding carboxylic acids is 1. The number of H-pyrrole nitrogens is 1. The van der Waals surface area contributed by atoms with Gasteiger partial charge in [0.1, 0.15) is 11.5 Å². The Balaban J connectivity index is 1.70. The SMILES string of the molecule is Cc1ccc(-c2cc(C(=O)N/N=C\c3c(F)cccc3Cl)[nH]n2)cc1. The first-order chi connectivity index (χ1) is 12.0. The second-order valence-electron chi connectivity index (χ2n) is 5.37. The van der Waals surface area contributed by atoms with Crippen LogP contribution in [0.2, 0.25) is 5.02 Å². The summed E-state index contributed by atoms with van der Waals surface area (Å²) in [6.45, 7) is 1.99. The Morgan fingerprint density at radius 3 is 2.76 bits per heavy atom. The molecule has 0 fully saturated rings. The highest BCUT2D eigenvalue weighted by Gasteiger charge is 2.10. The Hall–Kier alpha value is -2.99. The lowest BCUT2D eigenvalue weighted by molar-refractivity contribution is 0.0950. The van der Waals surface area contributed by atoms with Crippen molar-refractivity contribution in [1.82, 2.24) is 15.6 Å². The molecule has 5 nitrogen and oxygen atoms in total. The summed E-state index contributed by atoms with van der Waals surface area (Å²) in [6, 6.07) is 13.7. The van der Waals surface area contributed by atoms with Gasteiger partial charge in [0, 0.05) is 11.1 Å². The maximum Gasteiger partial charge on any atom is 0.289 e. The van der Waals surface area contributed by atoms with Gasteiger partial charge in [-0.2, -0.15) is 10.2 Å². The summed E-state index contributed by atoms with van der Waals surface area (Å²) in [5.41, 5.74) is 5.33. The van der Waals surface area contributed by atoms with Crippen molar-refractivity contribution >= 4 is 23.7 Å². The molecule has 0 saturated carbocycles. The molecule has 0 aliphatic heterocycles. The number of benzene rings is 2. The highest BCUT2D eigenvalue weighted by Crippen LogP contribution is 2.18. The lowest BCUT2D eigenvalue weighted by atomic mass is 10.1. The Labute approximate surface area is 148 Å². The molecule has 1 aromatic heterocycles. The Bertz CT molecular complexity index is 914. The van der Waals surface area contributed by atoms with E-state index >= 15 is 0 Å². The monoisotopic (exact) mass is 356 g/mol. The van der Waals surface area contributed by atoms with Crippen LogP contribution in [0.15, 0.2) is 53.6 Å². The number of hydrogen-bond acceptors (Lipinski definition) is 3. The predicted octanol–water partition coefficient (Wildman–Crippen LogP) is 3.94. The molecule has 0 aliphatic rings. The van der Waals surface area contributed by atoms with Gasteiger partial charge in [-0.3, -0.25) is 9.89 Å². The van der Waals surface area contributed by atoms with Crippen LogP contribution >= 0.6 is 11.6 Å². The quantitative estimate of drug-likeness (QED) is 0.549. The van der Waals surface area contributed by atoms with Crippen LogP contribution in [0.1, 0.15) is 21.6 Å². The minimum Gasteiger partial charge on any atom is -0.272 e. The third kappa shape index (κ3) is 3.92. The second kappa shape index (κ2) is 7.27. The van der Waals surface area contributed by atoms with Gasteiger partial charge >= 0.3 is 0 Å². The van der Waals surface area contributed by atoms with E-state index < -0.39 is 11.7 Å². The Kier molecular flexibility index (Phi) is 4.90. The zero-order valence-electron chi connectivity index (χ0n) is 13.3. The number of hydrazone groups is 1. The van der Waals surface area contributed by atoms with Crippen molar-refractivity contribution in [2.45, 2.75) is 6.92 Å². The van der Waals surface area contributed by atoms with Crippen molar-refractivity contribution in [3.8, 4) is 11.3 Å². The first-order valence-electron chi connectivity index (χ1n) is 7.44. The number of halogens is 2. The minimum absolute atomic E-state index is 0.106. The molecule has 0 bridgehead atoms. The first-order valence-corrected chi connectivity index (χ1v) is 7.82. The topological polar surface area (TPSA) is 70.1 Å². The van der Waals surface area contributed by atoms with E-state index in [0.717, 1.165) is 17.3 Å². The van der Waals surface area contributed by atoms with Crippen LogP contribution in [0.5, 0.6) is 0 Å². The van der Waals surface area contributed by atoms with Gasteiger partial charge in [0.25, 0.3) is 5.91 Å². The summed E-state index contributed by atoms with van der Waals surface area (Å²) >= 11 is 5.88. The lowest BCUT2D eigenvalue weighted by Crippen LogP contribution is -2.18. The number of aromatic nitrogens is 2. The molecular weight excluding hydrogens is 343 g/mol. The van der Waals surface area contributed by atoms with Gasteiger partial charge in [0.2, 0.25) is 0 Å². The van der Waals surface area contributed by atoms with Crippen molar-refractivity contribution in [3.05, 3.63) is 76.2 Å². The molecule has 0 saturated heterocycles. The third-order valence-electron chi connectivity index (χ3n) is 3.53. The average Bonchev–Trinajstić information content (AvgIpc) is 3.08. The fourth-order valence-electron chi connectivity index (χ4n) is 2.16. The van der Waals surface area contributed by atoms with Gasteiger partial charge in [-0.05, 0) is 25.1 Å². The van der Waals surface area contributed by atoms with E-state index in [4.69, 9.17) is 11.6 Å². The van der Waals surface area contributed by atoms with Gasteiger partial charge in [0.15, 0.2) is 0 Å². The molecule has 7 heteroatoms. The summed E-state index contributed by atoms with van der Waals surface area (Å²) in [6.07, 6.45) is 1.16. The van der Waals surface area contributed by atoms with E-state index in [1.807, 2.05) is 31.2 Å². The van der Waals surface area contributed by atoms with Crippen LogP contribution in [0, 0.1) is 12.7 Å². The van der Waals surface area contributed by atoms with E-state index in [0.29, 0.717) is 5.69 Å². The molecule has 0 spiro atoms. The number of nitrogens with zero attached hydrogens (tertiary/aromatic N) is 2. The maximum atomic E-state index is 13.6. The zero-order valence-corrected chi connectivity index (χ0v) is 14.0. The normalized spacial score (nSPS) is 11.0. The van der Waals surface area contributed by atoms with Gasteiger partial charge < -0.3 is 0 Å². The van der Waals surface area contributed by atoms with Gasteiger partial charge in [-0.1, -0.05) is 47.5 Å². The van der Waals surface area contributed by atoms with Crippen LogP contribution in [0.25, 0.3) is 11.3 Å². The number of amides is 1. The summed E-state index contributed by atoms with van der Waals surface area (Å²) in [5, 5.41) is 10.7. The average molecular weight is 357 g/mol. The number of carbonyl (C=O) groups is 1. The predicted molar refractivity (Wildman–Crippen MR) is 95.2 cm³/mol. The summed E-state index contributed by atoms with van der Waals surface area (Å²) in [7, 11) is 0. The molecule has 1 amide bonds. The van der Waals surface area contributed by atoms with E-state index in [-0.39, 0.29) is 16.3 Å². The fraction of sp³-hybridized carbons (Fsp3) is 0.0556. The van der Waals surface area contributed by atoms with Crippen molar-refractivity contribution < 1.29 is 9.18 Å². The van der Waals surface area contributed by atoms with Gasteiger partial charge in [0.05, 0.1) is 16.9 Å². The fourth-order valence-corrected chi connectivity index (χ4v) is 2.37. The lowest BCUT2D eigenvalue weighted by Gasteiger charge is -1.99. The van der Waals surface area contributed by atoms with E-state index in [1.54, 1.807) is 6.07 Å². The standard InChI is InChI=1S/C18H14ClFN4O/c1-11-5-7-12(8-6-11)16-9-17(23-22-16)18(25)24-21-10-13-14(19)3-2-4-15(13)20/h2-10H,1H3,(H,22,23)(H,24,25)/b21-10-.